The summed E-state index contributed by atoms with van der Waals surface area (Å²) in [5.41, 5.74) is 3.51. The lowest BCUT2D eigenvalue weighted by Crippen LogP contribution is -2.35. The fraction of sp³-hybridized carbons (Fsp3) is 0.440. The second-order valence-electron chi connectivity index (χ2n) is 8.63. The minimum atomic E-state index is 0.0920. The summed E-state index contributed by atoms with van der Waals surface area (Å²) in [6.45, 7) is 3.38. The average molecular weight is 405 g/mol. The Morgan fingerprint density at radius 3 is 1.83 bits per heavy atom. The minimum absolute atomic E-state index is 0.0920. The van der Waals surface area contributed by atoms with E-state index in [2.05, 4.69) is 0 Å². The van der Waals surface area contributed by atoms with Crippen LogP contribution in [0.2, 0.25) is 0 Å². The normalized spacial score (nSPS) is 18.3. The minimum Gasteiger partial charge on any atom is -0.457 e. The van der Waals surface area contributed by atoms with E-state index in [0.29, 0.717) is 12.0 Å². The van der Waals surface area contributed by atoms with Crippen LogP contribution in [0.4, 0.5) is 0 Å². The molecule has 0 spiro atoms. The summed E-state index contributed by atoms with van der Waals surface area (Å²) in [6, 6.07) is 11.5. The summed E-state index contributed by atoms with van der Waals surface area (Å²) in [5, 5.41) is 0. The second kappa shape index (κ2) is 8.13. The zero-order valence-electron chi connectivity index (χ0n) is 17.4. The molecule has 3 aliphatic rings. The number of rotatable bonds is 2. The Morgan fingerprint density at radius 2 is 1.20 bits per heavy atom. The van der Waals surface area contributed by atoms with Crippen LogP contribution in [0.5, 0.6) is 11.5 Å². The third kappa shape index (κ3) is 3.69. The molecule has 2 fully saturated rings. The Labute approximate surface area is 177 Å². The number of hydrogen-bond acceptors (Lipinski definition) is 3. The van der Waals surface area contributed by atoms with Crippen LogP contribution in [0.25, 0.3) is 0 Å². The summed E-state index contributed by atoms with van der Waals surface area (Å²) in [7, 11) is 0. The zero-order valence-corrected chi connectivity index (χ0v) is 17.4. The van der Waals surface area contributed by atoms with Gasteiger partial charge in [-0.05, 0) is 74.4 Å². The second-order valence-corrected chi connectivity index (χ2v) is 8.63. The topological polar surface area (TPSA) is 49.9 Å². The van der Waals surface area contributed by atoms with Gasteiger partial charge in [0.1, 0.15) is 11.5 Å². The third-order valence-electron chi connectivity index (χ3n) is 6.51. The van der Waals surface area contributed by atoms with Crippen molar-refractivity contribution in [2.75, 3.05) is 26.2 Å². The molecule has 0 atom stereocenters. The van der Waals surface area contributed by atoms with Gasteiger partial charge in [-0.15, -0.1) is 0 Å². The Bertz CT molecular complexity index is 893. The fourth-order valence-corrected chi connectivity index (χ4v) is 4.76. The molecule has 2 amide bonds. The van der Waals surface area contributed by atoms with Crippen molar-refractivity contribution in [3.63, 3.8) is 0 Å². The molecular weight excluding hydrogens is 376 g/mol. The first-order valence-electron chi connectivity index (χ1n) is 11.2. The molecule has 0 unspecified atom stereocenters. The Hall–Kier alpha value is -2.82. The van der Waals surface area contributed by atoms with Gasteiger partial charge in [0.05, 0.1) is 0 Å². The van der Waals surface area contributed by atoms with E-state index in [1.165, 1.54) is 12.8 Å². The molecule has 2 aromatic carbocycles. The molecule has 3 heterocycles. The van der Waals surface area contributed by atoms with Gasteiger partial charge in [0.15, 0.2) is 0 Å². The lowest BCUT2D eigenvalue weighted by Gasteiger charge is -2.28. The molecule has 3 aliphatic heterocycles. The fourth-order valence-electron chi connectivity index (χ4n) is 4.76. The van der Waals surface area contributed by atoms with Gasteiger partial charge in [-0.1, -0.05) is 6.07 Å². The smallest absolute Gasteiger partial charge is 0.253 e. The number of nitrogens with zero attached hydrogens (tertiary/aromatic N) is 2. The van der Waals surface area contributed by atoms with Crippen LogP contribution in [0.3, 0.4) is 0 Å². The van der Waals surface area contributed by atoms with Crippen LogP contribution in [0.1, 0.15) is 70.4 Å². The predicted octanol–water partition coefficient (Wildman–Crippen LogP) is 4.64. The van der Waals surface area contributed by atoms with Gasteiger partial charge in [0, 0.05) is 49.3 Å². The summed E-state index contributed by atoms with van der Waals surface area (Å²) < 4.78 is 6.14. The van der Waals surface area contributed by atoms with Crippen LogP contribution >= 0.6 is 0 Å². The van der Waals surface area contributed by atoms with E-state index in [9.17, 15) is 9.59 Å². The third-order valence-corrected chi connectivity index (χ3v) is 6.51. The molecule has 30 heavy (non-hydrogen) atoms. The molecule has 2 aromatic rings. The maximum atomic E-state index is 12.8. The standard InChI is InChI=1S/C25H28N2O3/c28-24(26-11-3-1-4-12-26)19-9-10-22-21(16-19)15-18-7-8-20(17-23(18)30-22)25(29)27-13-5-2-6-14-27/h7-10,16-17H,1-6,11-15H2. The number of fused-ring (bicyclic) bond motifs is 2. The average Bonchev–Trinajstić information content (AvgIpc) is 2.82. The lowest BCUT2D eigenvalue weighted by atomic mass is 9.96. The van der Waals surface area contributed by atoms with E-state index in [4.69, 9.17) is 4.74 Å². The largest absolute Gasteiger partial charge is 0.457 e. The molecule has 156 valence electrons. The zero-order chi connectivity index (χ0) is 20.5. The van der Waals surface area contributed by atoms with Gasteiger partial charge >= 0.3 is 0 Å². The number of carbonyl (C=O) groups excluding carboxylic acids is 2. The molecule has 0 aromatic heterocycles. The summed E-state index contributed by atoms with van der Waals surface area (Å²) in [6.07, 6.45) is 7.47. The number of piperidine rings is 2. The molecule has 0 N–H and O–H groups in total. The highest BCUT2D eigenvalue weighted by molar-refractivity contribution is 5.95. The quantitative estimate of drug-likeness (QED) is 0.625. The molecule has 0 radical (unpaired) electrons. The van der Waals surface area contributed by atoms with Gasteiger partial charge in [-0.3, -0.25) is 9.59 Å². The van der Waals surface area contributed by atoms with Crippen molar-refractivity contribution in [2.45, 2.75) is 44.9 Å². The molecule has 0 saturated carbocycles. The molecule has 5 heteroatoms. The highest BCUT2D eigenvalue weighted by atomic mass is 16.5. The van der Waals surface area contributed by atoms with Crippen LogP contribution in [0.15, 0.2) is 36.4 Å². The van der Waals surface area contributed by atoms with Crippen molar-refractivity contribution >= 4 is 11.8 Å². The molecule has 0 bridgehead atoms. The highest BCUT2D eigenvalue weighted by Gasteiger charge is 2.24. The Kier molecular flexibility index (Phi) is 5.19. The van der Waals surface area contributed by atoms with E-state index >= 15 is 0 Å². The number of benzene rings is 2. The summed E-state index contributed by atoms with van der Waals surface area (Å²) in [4.78, 5) is 29.6. The van der Waals surface area contributed by atoms with Gasteiger partial charge in [0.25, 0.3) is 11.8 Å². The van der Waals surface area contributed by atoms with Crippen LogP contribution < -0.4 is 4.74 Å². The monoisotopic (exact) mass is 404 g/mol. The van der Waals surface area contributed by atoms with Crippen molar-refractivity contribution in [1.82, 2.24) is 9.80 Å². The van der Waals surface area contributed by atoms with Crippen molar-refractivity contribution < 1.29 is 14.3 Å². The maximum absolute atomic E-state index is 12.8. The Balaban J connectivity index is 1.34. The molecule has 2 saturated heterocycles. The van der Waals surface area contributed by atoms with Gasteiger partial charge in [-0.2, -0.15) is 0 Å². The molecular formula is C25H28N2O3. The van der Waals surface area contributed by atoms with Crippen LogP contribution in [-0.4, -0.2) is 47.8 Å². The van der Waals surface area contributed by atoms with E-state index in [1.54, 1.807) is 0 Å². The van der Waals surface area contributed by atoms with Crippen molar-refractivity contribution in [2.24, 2.45) is 0 Å². The van der Waals surface area contributed by atoms with Crippen molar-refractivity contribution in [1.29, 1.82) is 0 Å². The van der Waals surface area contributed by atoms with E-state index in [1.807, 2.05) is 46.2 Å². The van der Waals surface area contributed by atoms with Crippen LogP contribution in [0, 0.1) is 0 Å². The van der Waals surface area contributed by atoms with Crippen molar-refractivity contribution in [3.8, 4) is 11.5 Å². The first kappa shape index (κ1) is 19.2. The first-order valence-corrected chi connectivity index (χ1v) is 11.2. The maximum Gasteiger partial charge on any atom is 0.253 e. The van der Waals surface area contributed by atoms with Gasteiger partial charge in [-0.25, -0.2) is 0 Å². The van der Waals surface area contributed by atoms with E-state index in [0.717, 1.165) is 80.1 Å². The number of carbonyl (C=O) groups is 2. The van der Waals surface area contributed by atoms with Gasteiger partial charge in [0.2, 0.25) is 0 Å². The van der Waals surface area contributed by atoms with E-state index < -0.39 is 0 Å². The predicted molar refractivity (Wildman–Crippen MR) is 115 cm³/mol. The van der Waals surface area contributed by atoms with E-state index in [-0.39, 0.29) is 11.8 Å². The summed E-state index contributed by atoms with van der Waals surface area (Å²) >= 11 is 0. The first-order chi connectivity index (χ1) is 14.7. The van der Waals surface area contributed by atoms with Gasteiger partial charge < -0.3 is 14.5 Å². The lowest BCUT2D eigenvalue weighted by molar-refractivity contribution is 0.0716. The number of amides is 2. The number of ether oxygens (including phenoxy) is 1. The molecule has 0 aliphatic carbocycles. The SMILES string of the molecule is O=C(c1ccc2c(c1)Cc1ccc(C(=O)N3CCCCC3)cc1O2)N1CCCCC1. The molecule has 5 rings (SSSR count). The van der Waals surface area contributed by atoms with Crippen molar-refractivity contribution in [3.05, 3.63) is 58.7 Å². The highest BCUT2D eigenvalue weighted by Crippen LogP contribution is 2.38. The number of hydrogen-bond donors (Lipinski definition) is 0. The summed E-state index contributed by atoms with van der Waals surface area (Å²) in [5.74, 6) is 1.74. The molecule has 5 nitrogen and oxygen atoms in total. The van der Waals surface area contributed by atoms with Crippen LogP contribution in [-0.2, 0) is 6.42 Å². The number of likely N-dealkylation sites (tertiary alicyclic amines) is 2. The Morgan fingerprint density at radius 1 is 0.633 bits per heavy atom.